The Morgan fingerprint density at radius 2 is 1.96 bits per heavy atom. The summed E-state index contributed by atoms with van der Waals surface area (Å²) >= 11 is 3.40. The van der Waals surface area contributed by atoms with Crippen LogP contribution in [0.2, 0.25) is 0 Å². The summed E-state index contributed by atoms with van der Waals surface area (Å²) < 4.78 is 7.89. The van der Waals surface area contributed by atoms with E-state index in [1.54, 1.807) is 4.68 Å². The zero-order chi connectivity index (χ0) is 18.1. The lowest BCUT2D eigenvalue weighted by Gasteiger charge is -2.04. The third-order valence-corrected chi connectivity index (χ3v) is 4.53. The van der Waals surface area contributed by atoms with Crippen LogP contribution >= 0.6 is 15.9 Å². The first-order chi connectivity index (χ1) is 12.7. The molecule has 8 heteroatoms. The van der Waals surface area contributed by atoms with Gasteiger partial charge in [-0.3, -0.25) is 0 Å². The van der Waals surface area contributed by atoms with Crippen molar-refractivity contribution in [3.63, 3.8) is 0 Å². The average molecular weight is 411 g/mol. The molecule has 26 heavy (non-hydrogen) atoms. The summed E-state index contributed by atoms with van der Waals surface area (Å²) in [6.07, 6.45) is 0.926. The van der Waals surface area contributed by atoms with E-state index in [1.807, 2.05) is 42.5 Å². The third-order valence-electron chi connectivity index (χ3n) is 4.00. The third kappa shape index (κ3) is 2.99. The van der Waals surface area contributed by atoms with Gasteiger partial charge in [0, 0.05) is 10.0 Å². The van der Waals surface area contributed by atoms with Gasteiger partial charge >= 0.3 is 0 Å². The van der Waals surface area contributed by atoms with Gasteiger partial charge in [0.2, 0.25) is 5.82 Å². The molecular formula is C18H15BrN6O. The van der Waals surface area contributed by atoms with Gasteiger partial charge in [-0.25, -0.2) is 0 Å². The number of nitrogens with two attached hydrogens (primary N) is 1. The van der Waals surface area contributed by atoms with Crippen LogP contribution in [0.3, 0.4) is 0 Å². The Balaban J connectivity index is 1.69. The predicted octanol–water partition coefficient (Wildman–Crippen LogP) is 3.89. The first-order valence-corrected chi connectivity index (χ1v) is 8.85. The van der Waals surface area contributed by atoms with E-state index in [0.29, 0.717) is 17.3 Å². The van der Waals surface area contributed by atoms with Crippen molar-refractivity contribution in [1.82, 2.24) is 25.1 Å². The van der Waals surface area contributed by atoms with Crippen LogP contribution in [0.25, 0.3) is 28.7 Å². The highest BCUT2D eigenvalue weighted by molar-refractivity contribution is 9.10. The van der Waals surface area contributed by atoms with Crippen LogP contribution in [0.15, 0.2) is 57.5 Å². The summed E-state index contributed by atoms with van der Waals surface area (Å²) in [5.41, 5.74) is 9.46. The van der Waals surface area contributed by atoms with Gasteiger partial charge in [0.25, 0.3) is 5.89 Å². The zero-order valence-electron chi connectivity index (χ0n) is 13.9. The van der Waals surface area contributed by atoms with Gasteiger partial charge in [0.15, 0.2) is 11.5 Å². The molecule has 0 aliphatic heterocycles. The molecule has 7 nitrogen and oxygen atoms in total. The largest absolute Gasteiger partial charge is 0.382 e. The smallest absolute Gasteiger partial charge is 0.282 e. The molecule has 2 aromatic heterocycles. The molecule has 2 heterocycles. The molecule has 0 bridgehead atoms. The second kappa shape index (κ2) is 6.72. The van der Waals surface area contributed by atoms with E-state index < -0.39 is 0 Å². The Kier molecular flexibility index (Phi) is 4.26. The molecule has 4 rings (SSSR count). The Morgan fingerprint density at radius 3 is 2.73 bits per heavy atom. The Labute approximate surface area is 158 Å². The van der Waals surface area contributed by atoms with E-state index in [4.69, 9.17) is 10.3 Å². The minimum Gasteiger partial charge on any atom is -0.382 e. The maximum Gasteiger partial charge on any atom is 0.282 e. The number of nitrogen functional groups attached to an aromatic ring is 1. The van der Waals surface area contributed by atoms with Gasteiger partial charge in [0.1, 0.15) is 0 Å². The number of halogens is 1. The van der Waals surface area contributed by atoms with Crippen LogP contribution in [0, 0.1) is 0 Å². The summed E-state index contributed by atoms with van der Waals surface area (Å²) in [4.78, 5) is 4.39. The lowest BCUT2D eigenvalue weighted by Crippen LogP contribution is -2.02. The lowest BCUT2D eigenvalue weighted by atomic mass is 10.1. The highest BCUT2D eigenvalue weighted by atomic mass is 79.9. The monoisotopic (exact) mass is 410 g/mol. The average Bonchev–Trinajstić information content (AvgIpc) is 3.29. The molecule has 4 aromatic rings. The van der Waals surface area contributed by atoms with Gasteiger partial charge in [0.05, 0.1) is 5.69 Å². The van der Waals surface area contributed by atoms with Crippen LogP contribution in [-0.4, -0.2) is 25.1 Å². The van der Waals surface area contributed by atoms with E-state index in [2.05, 4.69) is 49.4 Å². The molecule has 0 aliphatic rings. The van der Waals surface area contributed by atoms with Crippen molar-refractivity contribution in [2.24, 2.45) is 0 Å². The highest BCUT2D eigenvalue weighted by Crippen LogP contribution is 2.27. The molecule has 2 aromatic carbocycles. The number of hydrogen-bond acceptors (Lipinski definition) is 6. The summed E-state index contributed by atoms with van der Waals surface area (Å²) in [7, 11) is 0. The molecule has 0 unspecified atom stereocenters. The quantitative estimate of drug-likeness (QED) is 0.548. The molecule has 0 radical (unpaired) electrons. The van der Waals surface area contributed by atoms with E-state index in [0.717, 1.165) is 22.1 Å². The van der Waals surface area contributed by atoms with Crippen LogP contribution < -0.4 is 5.73 Å². The molecule has 0 aliphatic carbocycles. The van der Waals surface area contributed by atoms with Crippen molar-refractivity contribution in [3.05, 3.63) is 58.6 Å². The predicted molar refractivity (Wildman–Crippen MR) is 102 cm³/mol. The number of nitrogens with zero attached hydrogens (tertiary/aromatic N) is 5. The fraction of sp³-hybridized carbons (Fsp3) is 0.111. The van der Waals surface area contributed by atoms with Crippen molar-refractivity contribution in [1.29, 1.82) is 0 Å². The summed E-state index contributed by atoms with van der Waals surface area (Å²) in [6, 6.07) is 15.6. The number of hydrogen-bond donors (Lipinski definition) is 1. The van der Waals surface area contributed by atoms with Crippen molar-refractivity contribution >= 4 is 21.7 Å². The summed E-state index contributed by atoms with van der Waals surface area (Å²) in [5, 5.41) is 12.3. The minimum atomic E-state index is 0.235. The molecule has 0 fully saturated rings. The van der Waals surface area contributed by atoms with Crippen molar-refractivity contribution in [2.45, 2.75) is 13.3 Å². The fourth-order valence-electron chi connectivity index (χ4n) is 2.58. The Hall–Kier alpha value is -3.00. The van der Waals surface area contributed by atoms with E-state index in [-0.39, 0.29) is 5.89 Å². The van der Waals surface area contributed by atoms with Crippen LogP contribution in [0.1, 0.15) is 12.5 Å². The lowest BCUT2D eigenvalue weighted by molar-refractivity contribution is 0.431. The van der Waals surface area contributed by atoms with Gasteiger partial charge in [-0.2, -0.15) is 9.67 Å². The molecule has 0 amide bonds. The van der Waals surface area contributed by atoms with Crippen molar-refractivity contribution in [3.8, 4) is 28.7 Å². The molecule has 0 saturated heterocycles. The normalized spacial score (nSPS) is 11.0. The SMILES string of the molecule is CCc1cccc(-n2nnc(-c3nc(-c4ccc(Br)cc4)no3)c2N)c1. The van der Waals surface area contributed by atoms with Crippen LogP contribution in [0.4, 0.5) is 5.82 Å². The molecule has 0 saturated carbocycles. The van der Waals surface area contributed by atoms with Gasteiger partial charge in [-0.1, -0.05) is 45.4 Å². The standard InChI is InChI=1S/C18H15BrN6O/c1-2-11-4-3-5-14(10-11)25-16(20)15(22-24-25)18-21-17(23-26-18)12-6-8-13(19)9-7-12/h3-10H,2,20H2,1H3. The van der Waals surface area contributed by atoms with Crippen molar-refractivity contribution < 1.29 is 4.52 Å². The molecule has 0 atom stereocenters. The van der Waals surface area contributed by atoms with Gasteiger partial charge < -0.3 is 10.3 Å². The summed E-state index contributed by atoms with van der Waals surface area (Å²) in [6.45, 7) is 2.09. The van der Waals surface area contributed by atoms with E-state index in [1.165, 1.54) is 5.56 Å². The number of aryl methyl sites for hydroxylation is 1. The van der Waals surface area contributed by atoms with Gasteiger partial charge in [-0.05, 0) is 48.4 Å². The number of anilines is 1. The molecule has 2 N–H and O–H groups in total. The number of benzene rings is 2. The number of aromatic nitrogens is 5. The summed E-state index contributed by atoms with van der Waals surface area (Å²) in [5.74, 6) is 1.05. The Bertz CT molecular complexity index is 1050. The highest BCUT2D eigenvalue weighted by Gasteiger charge is 2.19. The first kappa shape index (κ1) is 16.5. The second-order valence-electron chi connectivity index (χ2n) is 5.69. The van der Waals surface area contributed by atoms with E-state index in [9.17, 15) is 0 Å². The maximum absolute atomic E-state index is 6.23. The Morgan fingerprint density at radius 1 is 1.15 bits per heavy atom. The zero-order valence-corrected chi connectivity index (χ0v) is 15.5. The topological polar surface area (TPSA) is 95.6 Å². The molecular weight excluding hydrogens is 396 g/mol. The fourth-order valence-corrected chi connectivity index (χ4v) is 2.84. The van der Waals surface area contributed by atoms with Crippen LogP contribution in [0.5, 0.6) is 0 Å². The second-order valence-corrected chi connectivity index (χ2v) is 6.60. The minimum absolute atomic E-state index is 0.235. The first-order valence-electron chi connectivity index (χ1n) is 8.06. The van der Waals surface area contributed by atoms with Gasteiger partial charge in [-0.15, -0.1) is 5.10 Å². The maximum atomic E-state index is 6.23. The van der Waals surface area contributed by atoms with Crippen LogP contribution in [-0.2, 0) is 6.42 Å². The van der Waals surface area contributed by atoms with Crippen molar-refractivity contribution in [2.75, 3.05) is 5.73 Å². The molecule has 0 spiro atoms. The van der Waals surface area contributed by atoms with E-state index >= 15 is 0 Å². The number of rotatable bonds is 4. The molecule has 130 valence electrons.